The topological polar surface area (TPSA) is 88.3 Å². The molecular formula is C24H35ClN4O2S2. The number of fused-ring (bicyclic) bond motifs is 1. The van der Waals surface area contributed by atoms with Crippen molar-refractivity contribution < 1.29 is 8.42 Å². The van der Waals surface area contributed by atoms with Crippen molar-refractivity contribution in [2.24, 2.45) is 5.92 Å². The van der Waals surface area contributed by atoms with Gasteiger partial charge in [0.25, 0.3) is 0 Å². The molecule has 0 radical (unpaired) electrons. The van der Waals surface area contributed by atoms with Crippen LogP contribution in [0.4, 0.5) is 5.13 Å². The first-order valence-electron chi connectivity index (χ1n) is 12.1. The SMILES string of the molecule is CCCN(CCC1CCC(NS(=O)(=O)c2ccc(Cl)cc2)CC1)[C@@H]1CCc2nc(N)sc2C1. The average molecular weight is 511 g/mol. The van der Waals surface area contributed by atoms with Gasteiger partial charge in [-0.05, 0) is 101 Å². The van der Waals surface area contributed by atoms with Gasteiger partial charge in [-0.3, -0.25) is 0 Å². The molecule has 0 bridgehead atoms. The van der Waals surface area contributed by atoms with Crippen molar-refractivity contribution in [1.29, 1.82) is 0 Å². The largest absolute Gasteiger partial charge is 0.375 e. The number of hydrogen-bond donors (Lipinski definition) is 2. The molecule has 1 saturated carbocycles. The van der Waals surface area contributed by atoms with Crippen molar-refractivity contribution >= 4 is 38.1 Å². The van der Waals surface area contributed by atoms with Gasteiger partial charge in [-0.2, -0.15) is 0 Å². The molecule has 0 aliphatic heterocycles. The zero-order chi connectivity index (χ0) is 23.4. The summed E-state index contributed by atoms with van der Waals surface area (Å²) in [6.45, 7) is 4.50. The van der Waals surface area contributed by atoms with Crippen molar-refractivity contribution in [3.63, 3.8) is 0 Å². The molecule has 0 amide bonds. The first-order chi connectivity index (χ1) is 15.8. The van der Waals surface area contributed by atoms with Crippen LogP contribution in [0.1, 0.15) is 62.4 Å². The fraction of sp³-hybridized carbons (Fsp3) is 0.625. The second-order valence-corrected chi connectivity index (χ2v) is 12.7. The van der Waals surface area contributed by atoms with Crippen LogP contribution in [0.2, 0.25) is 5.02 Å². The number of anilines is 1. The minimum Gasteiger partial charge on any atom is -0.375 e. The van der Waals surface area contributed by atoms with Crippen LogP contribution in [-0.2, 0) is 22.9 Å². The van der Waals surface area contributed by atoms with Crippen molar-refractivity contribution in [3.8, 4) is 0 Å². The molecule has 2 aliphatic carbocycles. The Morgan fingerprint density at radius 3 is 2.58 bits per heavy atom. The van der Waals surface area contributed by atoms with Crippen LogP contribution in [0.3, 0.4) is 0 Å². The first-order valence-corrected chi connectivity index (χ1v) is 14.8. The Morgan fingerprint density at radius 1 is 1.15 bits per heavy atom. The minimum absolute atomic E-state index is 0.0159. The van der Waals surface area contributed by atoms with Gasteiger partial charge in [0.05, 0.1) is 10.6 Å². The molecule has 1 atom stereocenters. The molecule has 1 aromatic heterocycles. The summed E-state index contributed by atoms with van der Waals surface area (Å²) in [5.41, 5.74) is 7.14. The van der Waals surface area contributed by atoms with Crippen LogP contribution >= 0.6 is 22.9 Å². The fourth-order valence-corrected chi connectivity index (χ4v) is 7.65. The number of aryl methyl sites for hydroxylation is 1. The van der Waals surface area contributed by atoms with E-state index in [4.69, 9.17) is 17.3 Å². The summed E-state index contributed by atoms with van der Waals surface area (Å²) in [6, 6.07) is 6.96. The van der Waals surface area contributed by atoms with E-state index in [9.17, 15) is 8.42 Å². The van der Waals surface area contributed by atoms with Crippen LogP contribution in [0.15, 0.2) is 29.2 Å². The quantitative estimate of drug-likeness (QED) is 0.502. The Hall–Kier alpha value is -1.19. The van der Waals surface area contributed by atoms with E-state index in [0.717, 1.165) is 64.5 Å². The van der Waals surface area contributed by atoms with Crippen LogP contribution in [0, 0.1) is 5.92 Å². The number of nitrogens with two attached hydrogens (primary N) is 1. The van der Waals surface area contributed by atoms with Gasteiger partial charge < -0.3 is 10.6 Å². The molecule has 2 aliphatic rings. The lowest BCUT2D eigenvalue weighted by atomic mass is 9.84. The summed E-state index contributed by atoms with van der Waals surface area (Å²) in [6.07, 6.45) is 9.57. The highest BCUT2D eigenvalue weighted by atomic mass is 35.5. The Bertz CT molecular complexity index is 1020. The maximum Gasteiger partial charge on any atom is 0.240 e. The second-order valence-electron chi connectivity index (χ2n) is 9.44. The van der Waals surface area contributed by atoms with E-state index in [0.29, 0.717) is 22.1 Å². The average Bonchev–Trinajstić information content (AvgIpc) is 3.17. The third kappa shape index (κ3) is 6.48. The Kier molecular flexibility index (Phi) is 8.33. The fourth-order valence-electron chi connectivity index (χ4n) is 5.27. The Balaban J connectivity index is 1.25. The standard InChI is InChI=1S/C24H35ClN4O2S2/c1-2-14-29(20-9-12-22-23(16-20)32-24(26)27-22)15-13-17-3-7-19(8-4-17)28-33(30,31)21-10-5-18(25)6-11-21/h5-6,10-11,17,19-20,28H,2-4,7-9,12-16H2,1H3,(H2,26,27)/t17?,19?,20-/m1/s1. The van der Waals surface area contributed by atoms with Gasteiger partial charge >= 0.3 is 0 Å². The van der Waals surface area contributed by atoms with Crippen molar-refractivity contribution in [2.75, 3.05) is 18.8 Å². The lowest BCUT2D eigenvalue weighted by Gasteiger charge is -2.36. The molecule has 6 nitrogen and oxygen atoms in total. The van der Waals surface area contributed by atoms with Gasteiger partial charge in [0.2, 0.25) is 10.0 Å². The molecule has 9 heteroatoms. The van der Waals surface area contributed by atoms with E-state index in [1.165, 1.54) is 17.0 Å². The van der Waals surface area contributed by atoms with E-state index in [2.05, 4.69) is 21.5 Å². The Morgan fingerprint density at radius 2 is 1.88 bits per heavy atom. The number of rotatable bonds is 9. The number of aromatic nitrogens is 1. The molecule has 2 aromatic rings. The lowest BCUT2D eigenvalue weighted by Crippen LogP contribution is -2.41. The summed E-state index contributed by atoms with van der Waals surface area (Å²) < 4.78 is 28.2. The smallest absolute Gasteiger partial charge is 0.240 e. The van der Waals surface area contributed by atoms with Gasteiger partial charge in [0.15, 0.2) is 5.13 Å². The van der Waals surface area contributed by atoms with Gasteiger partial charge in [-0.1, -0.05) is 18.5 Å². The van der Waals surface area contributed by atoms with Crippen LogP contribution in [-0.4, -0.2) is 43.5 Å². The zero-order valence-electron chi connectivity index (χ0n) is 19.3. The van der Waals surface area contributed by atoms with Gasteiger partial charge in [-0.15, -0.1) is 11.3 Å². The van der Waals surface area contributed by atoms with E-state index in [1.807, 2.05) is 0 Å². The predicted molar refractivity (Wildman–Crippen MR) is 136 cm³/mol. The van der Waals surface area contributed by atoms with Crippen molar-refractivity contribution in [3.05, 3.63) is 39.9 Å². The third-order valence-electron chi connectivity index (χ3n) is 7.07. The molecule has 1 aromatic carbocycles. The lowest BCUT2D eigenvalue weighted by molar-refractivity contribution is 0.158. The van der Waals surface area contributed by atoms with E-state index < -0.39 is 10.0 Å². The van der Waals surface area contributed by atoms with Crippen molar-refractivity contribution in [2.45, 2.75) is 81.7 Å². The van der Waals surface area contributed by atoms with Crippen LogP contribution < -0.4 is 10.5 Å². The molecule has 0 saturated heterocycles. The summed E-state index contributed by atoms with van der Waals surface area (Å²) in [7, 11) is -3.49. The molecule has 182 valence electrons. The summed E-state index contributed by atoms with van der Waals surface area (Å²) in [4.78, 5) is 8.82. The summed E-state index contributed by atoms with van der Waals surface area (Å²) in [5, 5.41) is 1.24. The molecule has 3 N–H and O–H groups in total. The van der Waals surface area contributed by atoms with Crippen LogP contribution in [0.5, 0.6) is 0 Å². The minimum atomic E-state index is -3.49. The number of sulfonamides is 1. The third-order valence-corrected chi connectivity index (χ3v) is 9.81. The van der Waals surface area contributed by atoms with E-state index in [-0.39, 0.29) is 10.9 Å². The highest BCUT2D eigenvalue weighted by Crippen LogP contribution is 2.32. The molecule has 4 rings (SSSR count). The summed E-state index contributed by atoms with van der Waals surface area (Å²) >= 11 is 7.54. The zero-order valence-corrected chi connectivity index (χ0v) is 21.7. The number of benzene rings is 1. The normalized spacial score (nSPS) is 23.5. The van der Waals surface area contributed by atoms with Gasteiger partial charge in [-0.25, -0.2) is 18.1 Å². The number of halogens is 1. The predicted octanol–water partition coefficient (Wildman–Crippen LogP) is 4.88. The molecular weight excluding hydrogens is 476 g/mol. The van der Waals surface area contributed by atoms with Gasteiger partial charge in [0, 0.05) is 22.0 Å². The number of nitrogen functional groups attached to an aromatic ring is 1. The number of hydrogen-bond acceptors (Lipinski definition) is 6. The first kappa shape index (κ1) is 24.9. The number of thiazole rings is 1. The second kappa shape index (κ2) is 11.0. The maximum atomic E-state index is 12.7. The van der Waals surface area contributed by atoms with Crippen molar-refractivity contribution in [1.82, 2.24) is 14.6 Å². The Labute approximate surface area is 207 Å². The number of nitrogens with one attached hydrogen (secondary N) is 1. The molecule has 33 heavy (non-hydrogen) atoms. The van der Waals surface area contributed by atoms with Gasteiger partial charge in [0.1, 0.15) is 0 Å². The molecule has 0 unspecified atom stereocenters. The maximum absolute atomic E-state index is 12.7. The number of nitrogens with zero attached hydrogens (tertiary/aromatic N) is 2. The summed E-state index contributed by atoms with van der Waals surface area (Å²) in [5.74, 6) is 0.666. The van der Waals surface area contributed by atoms with E-state index in [1.54, 1.807) is 35.6 Å². The molecule has 1 heterocycles. The molecule has 0 spiro atoms. The highest BCUT2D eigenvalue weighted by Gasteiger charge is 2.29. The monoisotopic (exact) mass is 510 g/mol. The molecule has 1 fully saturated rings. The highest BCUT2D eigenvalue weighted by molar-refractivity contribution is 7.89. The van der Waals surface area contributed by atoms with E-state index >= 15 is 0 Å². The van der Waals surface area contributed by atoms with Crippen LogP contribution in [0.25, 0.3) is 0 Å².